The third-order valence-corrected chi connectivity index (χ3v) is 6.39. The number of carbonyl (C=O) groups excluding carboxylic acids is 1. The number of benzene rings is 1. The van der Waals surface area contributed by atoms with Gasteiger partial charge < -0.3 is 4.90 Å². The van der Waals surface area contributed by atoms with Gasteiger partial charge in [0.15, 0.2) is 0 Å². The Labute approximate surface area is 170 Å². The molecule has 1 saturated heterocycles. The zero-order valence-electron chi connectivity index (χ0n) is 15.8. The van der Waals surface area contributed by atoms with E-state index in [2.05, 4.69) is 17.2 Å². The topological polar surface area (TPSA) is 38.1 Å². The van der Waals surface area contributed by atoms with Gasteiger partial charge in [-0.3, -0.25) is 9.48 Å². The zero-order valence-corrected chi connectivity index (χ0v) is 16.6. The lowest BCUT2D eigenvalue weighted by Crippen LogP contribution is -2.37. The third-order valence-electron chi connectivity index (χ3n) is 5.29. The number of aryl methyl sites for hydroxylation is 1. The minimum atomic E-state index is -4.46. The standard InChI is InChI=1S/C21H20F3N3OS/c1-26-19(21(22,23)24)13-16(25-26)17-7-8-18(29-17)20(28)27-11-9-15(10-12-27)14-5-3-2-4-6-14/h2-8,13,15H,9-12H2,1H3. The minimum Gasteiger partial charge on any atom is -0.338 e. The average Bonchev–Trinajstić information content (AvgIpc) is 3.35. The molecule has 1 aliphatic heterocycles. The molecular weight excluding hydrogens is 399 g/mol. The summed E-state index contributed by atoms with van der Waals surface area (Å²) in [4.78, 5) is 15.8. The molecule has 29 heavy (non-hydrogen) atoms. The van der Waals surface area contributed by atoms with Gasteiger partial charge in [-0.25, -0.2) is 0 Å². The van der Waals surface area contributed by atoms with Crippen molar-refractivity contribution in [3.63, 3.8) is 0 Å². The maximum absolute atomic E-state index is 13.0. The molecule has 1 amide bonds. The number of hydrogen-bond donors (Lipinski definition) is 0. The highest BCUT2D eigenvalue weighted by Crippen LogP contribution is 2.35. The van der Waals surface area contributed by atoms with Crippen molar-refractivity contribution in [3.05, 3.63) is 64.7 Å². The van der Waals surface area contributed by atoms with Crippen LogP contribution in [0.4, 0.5) is 13.2 Å². The van der Waals surface area contributed by atoms with E-state index in [9.17, 15) is 18.0 Å². The number of nitrogens with zero attached hydrogens (tertiary/aromatic N) is 3. The van der Waals surface area contributed by atoms with Crippen LogP contribution in [0.3, 0.4) is 0 Å². The number of alkyl halides is 3. The zero-order chi connectivity index (χ0) is 20.6. The van der Waals surface area contributed by atoms with Gasteiger partial charge in [0.2, 0.25) is 0 Å². The van der Waals surface area contributed by atoms with E-state index in [0.717, 1.165) is 23.6 Å². The quantitative estimate of drug-likeness (QED) is 0.586. The summed E-state index contributed by atoms with van der Waals surface area (Å²) < 4.78 is 39.8. The molecule has 0 N–H and O–H groups in total. The molecule has 0 saturated carbocycles. The first-order valence-electron chi connectivity index (χ1n) is 9.38. The summed E-state index contributed by atoms with van der Waals surface area (Å²) >= 11 is 1.18. The number of piperidine rings is 1. The number of hydrogen-bond acceptors (Lipinski definition) is 3. The van der Waals surface area contributed by atoms with E-state index in [4.69, 9.17) is 0 Å². The molecule has 0 aliphatic carbocycles. The van der Waals surface area contributed by atoms with Gasteiger partial charge in [-0.1, -0.05) is 30.3 Å². The molecule has 4 nitrogen and oxygen atoms in total. The molecule has 1 fully saturated rings. The van der Waals surface area contributed by atoms with Crippen LogP contribution >= 0.6 is 11.3 Å². The van der Waals surface area contributed by atoms with Crippen LogP contribution in [-0.2, 0) is 13.2 Å². The van der Waals surface area contributed by atoms with Crippen molar-refractivity contribution in [2.45, 2.75) is 24.9 Å². The number of halogens is 3. The molecule has 0 bridgehead atoms. The summed E-state index contributed by atoms with van der Waals surface area (Å²) in [5.41, 5.74) is 0.719. The highest BCUT2D eigenvalue weighted by Gasteiger charge is 2.35. The average molecular weight is 419 g/mol. The molecule has 2 aromatic heterocycles. The van der Waals surface area contributed by atoms with Crippen molar-refractivity contribution in [2.75, 3.05) is 13.1 Å². The fourth-order valence-corrected chi connectivity index (χ4v) is 4.67. The second-order valence-corrected chi connectivity index (χ2v) is 8.26. The number of rotatable bonds is 3. The summed E-state index contributed by atoms with van der Waals surface area (Å²) in [6.45, 7) is 1.35. The molecule has 0 radical (unpaired) electrons. The van der Waals surface area contributed by atoms with Crippen molar-refractivity contribution in [1.82, 2.24) is 14.7 Å². The first-order chi connectivity index (χ1) is 13.8. The van der Waals surface area contributed by atoms with Gasteiger partial charge in [-0.2, -0.15) is 18.3 Å². The molecular formula is C21H20F3N3OS. The second kappa shape index (κ2) is 7.67. The first kappa shape index (κ1) is 19.7. The van der Waals surface area contributed by atoms with Crippen molar-refractivity contribution in [2.24, 2.45) is 7.05 Å². The Morgan fingerprint density at radius 2 is 1.79 bits per heavy atom. The first-order valence-corrected chi connectivity index (χ1v) is 10.2. The maximum Gasteiger partial charge on any atom is 0.433 e. The number of likely N-dealkylation sites (tertiary alicyclic amines) is 1. The van der Waals surface area contributed by atoms with Crippen molar-refractivity contribution < 1.29 is 18.0 Å². The summed E-state index contributed by atoms with van der Waals surface area (Å²) in [6, 6.07) is 14.7. The minimum absolute atomic E-state index is 0.0697. The van der Waals surface area contributed by atoms with E-state index < -0.39 is 11.9 Å². The largest absolute Gasteiger partial charge is 0.433 e. The Bertz CT molecular complexity index is 1000. The number of thiophene rings is 1. The van der Waals surface area contributed by atoms with Crippen molar-refractivity contribution in [1.29, 1.82) is 0 Å². The molecule has 1 aromatic carbocycles. The van der Waals surface area contributed by atoms with Crippen molar-refractivity contribution in [3.8, 4) is 10.6 Å². The molecule has 4 rings (SSSR count). The molecule has 0 unspecified atom stereocenters. The normalized spacial score (nSPS) is 15.7. The van der Waals surface area contributed by atoms with Gasteiger partial charge in [0, 0.05) is 20.1 Å². The van der Waals surface area contributed by atoms with Crippen LogP contribution < -0.4 is 0 Å². The lowest BCUT2D eigenvalue weighted by molar-refractivity contribution is -0.143. The molecule has 3 aromatic rings. The van der Waals surface area contributed by atoms with Gasteiger partial charge >= 0.3 is 6.18 Å². The highest BCUT2D eigenvalue weighted by atomic mass is 32.1. The third kappa shape index (κ3) is 4.07. The smallest absolute Gasteiger partial charge is 0.338 e. The van der Waals surface area contributed by atoms with Gasteiger partial charge in [0.05, 0.1) is 9.75 Å². The Hall–Kier alpha value is -2.61. The van der Waals surface area contributed by atoms with E-state index in [1.165, 1.54) is 23.9 Å². The lowest BCUT2D eigenvalue weighted by atomic mass is 9.89. The molecule has 1 aliphatic rings. The predicted octanol–water partition coefficient (Wildman–Crippen LogP) is 5.19. The van der Waals surface area contributed by atoms with E-state index in [1.807, 2.05) is 23.1 Å². The highest BCUT2D eigenvalue weighted by molar-refractivity contribution is 7.17. The van der Waals surface area contributed by atoms with Crippen LogP contribution in [-0.4, -0.2) is 33.7 Å². The fraction of sp³-hybridized carbons (Fsp3) is 0.333. The second-order valence-electron chi connectivity index (χ2n) is 7.18. The monoisotopic (exact) mass is 419 g/mol. The van der Waals surface area contributed by atoms with Crippen LogP contribution in [0.5, 0.6) is 0 Å². The SMILES string of the molecule is Cn1nc(-c2ccc(C(=O)N3CCC(c4ccccc4)CC3)s2)cc1C(F)(F)F. The molecule has 3 heterocycles. The van der Waals surface area contributed by atoms with Gasteiger partial charge in [-0.15, -0.1) is 11.3 Å². The number of amides is 1. The van der Waals surface area contributed by atoms with E-state index >= 15 is 0 Å². The number of carbonyl (C=O) groups is 1. The molecule has 8 heteroatoms. The van der Waals surface area contributed by atoms with Gasteiger partial charge in [0.1, 0.15) is 11.4 Å². The predicted molar refractivity (Wildman–Crippen MR) is 106 cm³/mol. The molecule has 152 valence electrons. The molecule has 0 atom stereocenters. The lowest BCUT2D eigenvalue weighted by Gasteiger charge is -2.32. The summed E-state index contributed by atoms with van der Waals surface area (Å²) in [7, 11) is 1.27. The summed E-state index contributed by atoms with van der Waals surface area (Å²) in [5.74, 6) is 0.383. The fourth-order valence-electron chi connectivity index (χ4n) is 3.74. The van der Waals surface area contributed by atoms with E-state index in [-0.39, 0.29) is 11.6 Å². The Kier molecular flexibility index (Phi) is 5.21. The summed E-state index contributed by atoms with van der Waals surface area (Å²) in [5, 5.41) is 3.96. The van der Waals surface area contributed by atoms with Crippen LogP contribution in [0, 0.1) is 0 Å². The Morgan fingerprint density at radius 1 is 1.10 bits per heavy atom. The van der Waals surface area contributed by atoms with Crippen LogP contribution in [0.25, 0.3) is 10.6 Å². The van der Waals surface area contributed by atoms with Crippen LogP contribution in [0.2, 0.25) is 0 Å². The Balaban J connectivity index is 1.44. The van der Waals surface area contributed by atoms with Gasteiger partial charge in [-0.05, 0) is 42.5 Å². The molecule has 0 spiro atoms. The van der Waals surface area contributed by atoms with Crippen LogP contribution in [0.1, 0.15) is 39.7 Å². The number of aromatic nitrogens is 2. The van der Waals surface area contributed by atoms with Crippen molar-refractivity contribution >= 4 is 17.2 Å². The van der Waals surface area contributed by atoms with E-state index in [0.29, 0.717) is 28.8 Å². The Morgan fingerprint density at radius 3 is 2.41 bits per heavy atom. The van der Waals surface area contributed by atoms with Crippen LogP contribution in [0.15, 0.2) is 48.5 Å². The summed E-state index contributed by atoms with van der Waals surface area (Å²) in [6.07, 6.45) is -2.65. The maximum atomic E-state index is 13.0. The van der Waals surface area contributed by atoms with E-state index in [1.54, 1.807) is 12.1 Å². The van der Waals surface area contributed by atoms with Gasteiger partial charge in [0.25, 0.3) is 5.91 Å².